The summed E-state index contributed by atoms with van der Waals surface area (Å²) in [7, 11) is 0. The Morgan fingerprint density at radius 3 is 2.44 bits per heavy atom. The van der Waals surface area contributed by atoms with Gasteiger partial charge in [0, 0.05) is 17.1 Å². The zero-order valence-corrected chi connectivity index (χ0v) is 18.0. The van der Waals surface area contributed by atoms with E-state index < -0.39 is 29.4 Å². The smallest absolute Gasteiger partial charge is 0.345 e. The lowest BCUT2D eigenvalue weighted by atomic mass is 10.1. The maximum absolute atomic E-state index is 13.8. The molecule has 0 saturated heterocycles. The third-order valence-corrected chi connectivity index (χ3v) is 4.93. The van der Waals surface area contributed by atoms with Crippen LogP contribution in [0.1, 0.15) is 47.9 Å². The van der Waals surface area contributed by atoms with E-state index in [1.165, 1.54) is 24.3 Å². The van der Waals surface area contributed by atoms with Crippen LogP contribution in [0.4, 0.5) is 18.9 Å². The SMILES string of the molecule is CCC(=O)Nc1ccc(C(C)NC(=O)c2cnn(-c3cccc(Cl)c3)c2C(F)(F)F)cc1. The maximum Gasteiger partial charge on any atom is 0.434 e. The van der Waals surface area contributed by atoms with E-state index in [0.29, 0.717) is 22.4 Å². The summed E-state index contributed by atoms with van der Waals surface area (Å²) in [4.78, 5) is 24.2. The lowest BCUT2D eigenvalue weighted by Gasteiger charge is -2.16. The van der Waals surface area contributed by atoms with Crippen molar-refractivity contribution in [3.05, 3.63) is 76.6 Å². The topological polar surface area (TPSA) is 76.0 Å². The third kappa shape index (κ3) is 5.28. The highest BCUT2D eigenvalue weighted by Crippen LogP contribution is 2.34. The summed E-state index contributed by atoms with van der Waals surface area (Å²) in [6.07, 6.45) is -3.61. The molecule has 32 heavy (non-hydrogen) atoms. The number of nitrogens with one attached hydrogen (secondary N) is 2. The van der Waals surface area contributed by atoms with Gasteiger partial charge in [-0.2, -0.15) is 18.3 Å². The molecular formula is C22H20ClF3N4O2. The number of aromatic nitrogens is 2. The van der Waals surface area contributed by atoms with E-state index in [4.69, 9.17) is 11.6 Å². The Hall–Kier alpha value is -3.33. The first kappa shape index (κ1) is 23.3. The van der Waals surface area contributed by atoms with E-state index in [-0.39, 0.29) is 16.6 Å². The number of benzene rings is 2. The van der Waals surface area contributed by atoms with Crippen LogP contribution in [0.3, 0.4) is 0 Å². The van der Waals surface area contributed by atoms with Gasteiger partial charge < -0.3 is 10.6 Å². The largest absolute Gasteiger partial charge is 0.434 e. The molecule has 6 nitrogen and oxygen atoms in total. The van der Waals surface area contributed by atoms with Gasteiger partial charge in [0.05, 0.1) is 23.5 Å². The van der Waals surface area contributed by atoms with Gasteiger partial charge >= 0.3 is 6.18 Å². The molecule has 3 rings (SSSR count). The van der Waals surface area contributed by atoms with Crippen molar-refractivity contribution < 1.29 is 22.8 Å². The molecule has 2 N–H and O–H groups in total. The first-order valence-electron chi connectivity index (χ1n) is 9.72. The zero-order chi connectivity index (χ0) is 23.5. The molecule has 10 heteroatoms. The molecular weight excluding hydrogens is 445 g/mol. The van der Waals surface area contributed by atoms with Crippen molar-refractivity contribution in [3.8, 4) is 5.69 Å². The van der Waals surface area contributed by atoms with Gasteiger partial charge in [-0.15, -0.1) is 0 Å². The van der Waals surface area contributed by atoms with Crippen LogP contribution in [0, 0.1) is 0 Å². The van der Waals surface area contributed by atoms with Crippen molar-refractivity contribution in [2.45, 2.75) is 32.5 Å². The average molecular weight is 465 g/mol. The molecule has 2 aromatic carbocycles. The maximum atomic E-state index is 13.8. The molecule has 0 bridgehead atoms. The molecule has 1 aromatic heterocycles. The highest BCUT2D eigenvalue weighted by atomic mass is 35.5. The second-order valence-electron chi connectivity index (χ2n) is 7.02. The number of alkyl halides is 3. The second-order valence-corrected chi connectivity index (χ2v) is 7.45. The van der Waals surface area contributed by atoms with Gasteiger partial charge in [-0.1, -0.05) is 36.7 Å². The number of hydrogen-bond donors (Lipinski definition) is 2. The van der Waals surface area contributed by atoms with Gasteiger partial charge in [-0.05, 0) is 42.8 Å². The lowest BCUT2D eigenvalue weighted by Crippen LogP contribution is -2.29. The number of amides is 2. The predicted octanol–water partition coefficient (Wildman–Crippen LogP) is 5.38. The number of hydrogen-bond acceptors (Lipinski definition) is 3. The molecule has 0 aliphatic rings. The van der Waals surface area contributed by atoms with Crippen molar-refractivity contribution >= 4 is 29.1 Å². The summed E-state index contributed by atoms with van der Waals surface area (Å²) in [5.74, 6) is -1.06. The van der Waals surface area contributed by atoms with Crippen LogP contribution in [0.5, 0.6) is 0 Å². The van der Waals surface area contributed by atoms with E-state index in [1.807, 2.05) is 0 Å². The van der Waals surface area contributed by atoms with Crippen LogP contribution in [0.2, 0.25) is 5.02 Å². The van der Waals surface area contributed by atoms with Crippen molar-refractivity contribution in [2.24, 2.45) is 0 Å². The van der Waals surface area contributed by atoms with Crippen molar-refractivity contribution in [1.29, 1.82) is 0 Å². The van der Waals surface area contributed by atoms with E-state index in [2.05, 4.69) is 15.7 Å². The third-order valence-electron chi connectivity index (χ3n) is 4.70. The molecule has 0 radical (unpaired) electrons. The number of anilines is 1. The molecule has 168 valence electrons. The Bertz CT molecular complexity index is 1130. The Balaban J connectivity index is 1.84. The predicted molar refractivity (Wildman–Crippen MR) is 115 cm³/mol. The van der Waals surface area contributed by atoms with E-state index >= 15 is 0 Å². The Morgan fingerprint density at radius 2 is 1.84 bits per heavy atom. The lowest BCUT2D eigenvalue weighted by molar-refractivity contribution is -0.143. The summed E-state index contributed by atoms with van der Waals surface area (Å²) in [6.45, 7) is 3.37. The zero-order valence-electron chi connectivity index (χ0n) is 17.2. The van der Waals surface area contributed by atoms with Crippen LogP contribution in [0.15, 0.2) is 54.7 Å². The average Bonchev–Trinajstić information content (AvgIpc) is 3.20. The van der Waals surface area contributed by atoms with Gasteiger partial charge in [0.15, 0.2) is 5.69 Å². The van der Waals surface area contributed by atoms with E-state index in [9.17, 15) is 22.8 Å². The fourth-order valence-corrected chi connectivity index (χ4v) is 3.24. The first-order chi connectivity index (χ1) is 15.1. The number of rotatable bonds is 6. The molecule has 0 spiro atoms. The van der Waals surface area contributed by atoms with Gasteiger partial charge in [0.2, 0.25) is 5.91 Å². The second kappa shape index (κ2) is 9.44. The fourth-order valence-electron chi connectivity index (χ4n) is 3.05. The number of carbonyl (C=O) groups is 2. The number of nitrogens with zero attached hydrogens (tertiary/aromatic N) is 2. The summed E-state index contributed by atoms with van der Waals surface area (Å²) in [6, 6.07) is 11.8. The Kier molecular flexibility index (Phi) is 6.88. The minimum atomic E-state index is -4.83. The van der Waals surface area contributed by atoms with Crippen LogP contribution >= 0.6 is 11.6 Å². The van der Waals surface area contributed by atoms with Gasteiger partial charge in [0.25, 0.3) is 5.91 Å². The minimum absolute atomic E-state index is 0.0849. The van der Waals surface area contributed by atoms with E-state index in [1.54, 1.807) is 38.1 Å². The Labute approximate surface area is 187 Å². The molecule has 1 atom stereocenters. The van der Waals surface area contributed by atoms with Gasteiger partial charge in [-0.3, -0.25) is 9.59 Å². The highest BCUT2D eigenvalue weighted by Gasteiger charge is 2.40. The molecule has 1 unspecified atom stereocenters. The first-order valence-corrected chi connectivity index (χ1v) is 10.1. The van der Waals surface area contributed by atoms with Gasteiger partial charge in [0.1, 0.15) is 0 Å². The molecule has 0 fully saturated rings. The van der Waals surface area contributed by atoms with Crippen molar-refractivity contribution in [3.63, 3.8) is 0 Å². The van der Waals surface area contributed by atoms with Crippen LogP contribution in [-0.2, 0) is 11.0 Å². The summed E-state index contributed by atoms with van der Waals surface area (Å²) in [5.41, 5.74) is -0.468. The quantitative estimate of drug-likeness (QED) is 0.514. The van der Waals surface area contributed by atoms with E-state index in [0.717, 1.165) is 6.20 Å². The summed E-state index contributed by atoms with van der Waals surface area (Å²) >= 11 is 5.89. The van der Waals surface area contributed by atoms with Crippen LogP contribution in [-0.4, -0.2) is 21.6 Å². The number of carbonyl (C=O) groups excluding carboxylic acids is 2. The molecule has 0 saturated carbocycles. The van der Waals surface area contributed by atoms with Gasteiger partial charge in [-0.25, -0.2) is 4.68 Å². The fraction of sp³-hybridized carbons (Fsp3) is 0.227. The van der Waals surface area contributed by atoms with Crippen LogP contribution < -0.4 is 10.6 Å². The highest BCUT2D eigenvalue weighted by molar-refractivity contribution is 6.30. The summed E-state index contributed by atoms with van der Waals surface area (Å²) < 4.78 is 42.1. The molecule has 3 aromatic rings. The monoisotopic (exact) mass is 464 g/mol. The molecule has 2 amide bonds. The normalized spacial score (nSPS) is 12.3. The standard InChI is InChI=1S/C22H20ClF3N4O2/c1-3-19(31)29-16-9-7-14(8-10-16)13(2)28-21(32)18-12-27-30(20(18)22(24,25)26)17-6-4-5-15(23)11-17/h4-13H,3H2,1-2H3,(H,28,32)(H,29,31). The van der Waals surface area contributed by atoms with Crippen molar-refractivity contribution in [2.75, 3.05) is 5.32 Å². The van der Waals surface area contributed by atoms with Crippen LogP contribution in [0.25, 0.3) is 5.69 Å². The minimum Gasteiger partial charge on any atom is -0.345 e. The molecule has 0 aliphatic heterocycles. The Morgan fingerprint density at radius 1 is 1.16 bits per heavy atom. The van der Waals surface area contributed by atoms with Crippen molar-refractivity contribution in [1.82, 2.24) is 15.1 Å². The summed E-state index contributed by atoms with van der Waals surface area (Å²) in [5, 5.41) is 9.29. The molecule has 0 aliphatic carbocycles. The molecule has 1 heterocycles. The number of halogens is 4.